The number of nitrogens with zero attached hydrogens (tertiary/aromatic N) is 1. The predicted octanol–water partition coefficient (Wildman–Crippen LogP) is 3.67. The van der Waals surface area contributed by atoms with E-state index in [-0.39, 0.29) is 5.92 Å². The van der Waals surface area contributed by atoms with E-state index < -0.39 is 0 Å². The van der Waals surface area contributed by atoms with E-state index in [9.17, 15) is 4.79 Å². The van der Waals surface area contributed by atoms with Crippen molar-refractivity contribution in [1.29, 1.82) is 0 Å². The molecule has 0 fully saturated rings. The minimum Gasteiger partial charge on any atom is -0.339 e. The van der Waals surface area contributed by atoms with Gasteiger partial charge in [0.15, 0.2) is 12.1 Å². The molecule has 1 aromatic heterocycles. The van der Waals surface area contributed by atoms with Crippen molar-refractivity contribution in [2.45, 2.75) is 19.8 Å². The fourth-order valence-electron chi connectivity index (χ4n) is 1.71. The first-order valence-corrected chi connectivity index (χ1v) is 5.80. The minimum absolute atomic E-state index is 0.280. The monoisotopic (exact) mass is 248 g/mol. The summed E-state index contributed by atoms with van der Waals surface area (Å²) in [5.41, 5.74) is 2.75. The molecule has 0 radical (unpaired) electrons. The first kappa shape index (κ1) is 11.9. The molecule has 0 unspecified atom stereocenters. The van der Waals surface area contributed by atoms with Gasteiger partial charge in [-0.1, -0.05) is 37.6 Å². The van der Waals surface area contributed by atoms with E-state index in [2.05, 4.69) is 23.8 Å². The number of aldehydes is 1. The number of carbonyl (C=O) groups is 1. The van der Waals surface area contributed by atoms with Gasteiger partial charge in [-0.2, -0.15) is 0 Å². The molecule has 17 heavy (non-hydrogen) atoms. The average Bonchev–Trinajstić information content (AvgIpc) is 2.74. The van der Waals surface area contributed by atoms with Gasteiger partial charge in [0, 0.05) is 16.3 Å². The molecule has 0 aliphatic rings. The lowest BCUT2D eigenvalue weighted by atomic mass is 10.0. The van der Waals surface area contributed by atoms with Crippen LogP contribution in [0.4, 0.5) is 0 Å². The van der Waals surface area contributed by atoms with Gasteiger partial charge >= 0.3 is 0 Å². The van der Waals surface area contributed by atoms with Crippen LogP contribution in [0, 0.1) is 0 Å². The molecule has 2 rings (SSSR count). The Morgan fingerprint density at radius 2 is 1.94 bits per heavy atom. The average molecular weight is 249 g/mol. The number of halogens is 1. The number of carbonyl (C=O) groups excluding carboxylic acids is 1. The highest BCUT2D eigenvalue weighted by molar-refractivity contribution is 6.30. The zero-order valence-corrected chi connectivity index (χ0v) is 10.5. The maximum atomic E-state index is 10.8. The number of hydrogen-bond donors (Lipinski definition) is 1. The van der Waals surface area contributed by atoms with Gasteiger partial charge in [-0.05, 0) is 18.1 Å². The van der Waals surface area contributed by atoms with Crippen LogP contribution < -0.4 is 0 Å². The summed E-state index contributed by atoms with van der Waals surface area (Å²) >= 11 is 5.85. The molecule has 0 saturated carbocycles. The van der Waals surface area contributed by atoms with Crippen molar-refractivity contribution in [1.82, 2.24) is 9.97 Å². The lowest BCUT2D eigenvalue weighted by Gasteiger charge is -2.05. The molecule has 0 bridgehead atoms. The van der Waals surface area contributed by atoms with E-state index >= 15 is 0 Å². The van der Waals surface area contributed by atoms with E-state index in [1.165, 1.54) is 0 Å². The summed E-state index contributed by atoms with van der Waals surface area (Å²) in [6.45, 7) is 4.11. The van der Waals surface area contributed by atoms with Crippen LogP contribution in [0.1, 0.15) is 36.1 Å². The zero-order valence-electron chi connectivity index (χ0n) is 9.70. The molecule has 2 aromatic rings. The van der Waals surface area contributed by atoms with Crippen LogP contribution >= 0.6 is 11.6 Å². The van der Waals surface area contributed by atoms with Crippen LogP contribution in [-0.4, -0.2) is 16.3 Å². The van der Waals surface area contributed by atoms with E-state index in [4.69, 9.17) is 11.6 Å². The normalized spacial score (nSPS) is 10.8. The highest BCUT2D eigenvalue weighted by Gasteiger charge is 2.14. The largest absolute Gasteiger partial charge is 0.339 e. The number of aromatic nitrogens is 2. The lowest BCUT2D eigenvalue weighted by molar-refractivity contribution is 0.111. The number of benzene rings is 1. The Morgan fingerprint density at radius 1 is 1.29 bits per heavy atom. The molecule has 88 valence electrons. The van der Waals surface area contributed by atoms with Gasteiger partial charge in [0.1, 0.15) is 0 Å². The molecule has 0 saturated heterocycles. The number of nitrogens with one attached hydrogen (secondary N) is 1. The predicted molar refractivity (Wildman–Crippen MR) is 68.5 cm³/mol. The Balaban J connectivity index is 2.53. The third-order valence-corrected chi connectivity index (χ3v) is 2.81. The van der Waals surface area contributed by atoms with Crippen molar-refractivity contribution >= 4 is 17.9 Å². The van der Waals surface area contributed by atoms with Crippen LogP contribution in [0.15, 0.2) is 24.3 Å². The molecule has 4 heteroatoms. The molecular weight excluding hydrogens is 236 g/mol. The minimum atomic E-state index is 0.280. The van der Waals surface area contributed by atoms with Gasteiger partial charge in [0.05, 0.1) is 5.69 Å². The molecule has 1 N–H and O–H groups in total. The highest BCUT2D eigenvalue weighted by Crippen LogP contribution is 2.27. The second kappa shape index (κ2) is 4.72. The lowest BCUT2D eigenvalue weighted by Crippen LogP contribution is -1.91. The summed E-state index contributed by atoms with van der Waals surface area (Å²) in [6.07, 6.45) is 0.727. The molecular formula is C13H13ClN2O. The third kappa shape index (κ3) is 2.39. The highest BCUT2D eigenvalue weighted by atomic mass is 35.5. The van der Waals surface area contributed by atoms with Crippen molar-refractivity contribution in [3.63, 3.8) is 0 Å². The molecule has 3 nitrogen and oxygen atoms in total. The van der Waals surface area contributed by atoms with Crippen LogP contribution in [0.3, 0.4) is 0 Å². The Labute approximate surface area is 105 Å². The van der Waals surface area contributed by atoms with Crippen molar-refractivity contribution in [3.05, 3.63) is 40.8 Å². The standard InChI is InChI=1S/C13H13ClN2O/c1-8(2)12-13(16-11(7-17)15-12)9-3-5-10(14)6-4-9/h3-8H,1-2H3,(H,15,16). The molecule has 0 aliphatic heterocycles. The summed E-state index contributed by atoms with van der Waals surface area (Å²) in [5.74, 6) is 0.639. The van der Waals surface area contributed by atoms with Crippen molar-refractivity contribution in [3.8, 4) is 11.3 Å². The quantitative estimate of drug-likeness (QED) is 0.843. The molecule has 0 spiro atoms. The fourth-order valence-corrected chi connectivity index (χ4v) is 1.83. The third-order valence-electron chi connectivity index (χ3n) is 2.56. The second-order valence-corrected chi connectivity index (χ2v) is 4.60. The van der Waals surface area contributed by atoms with Crippen LogP contribution in [0.5, 0.6) is 0 Å². The Hall–Kier alpha value is -1.61. The van der Waals surface area contributed by atoms with Crippen molar-refractivity contribution in [2.24, 2.45) is 0 Å². The molecule has 0 aliphatic carbocycles. The SMILES string of the molecule is CC(C)c1[nH]c(C=O)nc1-c1ccc(Cl)cc1. The summed E-state index contributed by atoms with van der Waals surface area (Å²) in [5, 5.41) is 0.686. The first-order valence-electron chi connectivity index (χ1n) is 5.43. The van der Waals surface area contributed by atoms with Crippen LogP contribution in [0.25, 0.3) is 11.3 Å². The Kier molecular flexibility index (Phi) is 3.29. The smallest absolute Gasteiger partial charge is 0.185 e. The number of rotatable bonds is 3. The maximum absolute atomic E-state index is 10.8. The van der Waals surface area contributed by atoms with Gasteiger partial charge < -0.3 is 4.98 Å². The maximum Gasteiger partial charge on any atom is 0.185 e. The van der Waals surface area contributed by atoms with E-state index in [0.717, 1.165) is 23.2 Å². The summed E-state index contributed by atoms with van der Waals surface area (Å²) < 4.78 is 0. The first-order chi connectivity index (χ1) is 8.11. The molecule has 1 aromatic carbocycles. The molecule has 1 heterocycles. The Morgan fingerprint density at radius 3 is 2.47 bits per heavy atom. The van der Waals surface area contributed by atoms with Crippen LogP contribution in [0.2, 0.25) is 5.02 Å². The fraction of sp³-hybridized carbons (Fsp3) is 0.231. The number of H-pyrrole nitrogens is 1. The summed E-state index contributed by atoms with van der Waals surface area (Å²) in [6, 6.07) is 7.43. The summed E-state index contributed by atoms with van der Waals surface area (Å²) in [4.78, 5) is 18.1. The number of hydrogen-bond acceptors (Lipinski definition) is 2. The van der Waals surface area contributed by atoms with Gasteiger partial charge in [-0.15, -0.1) is 0 Å². The van der Waals surface area contributed by atoms with Gasteiger partial charge in [0.2, 0.25) is 0 Å². The van der Waals surface area contributed by atoms with E-state index in [1.807, 2.05) is 24.3 Å². The molecule has 0 atom stereocenters. The topological polar surface area (TPSA) is 45.8 Å². The van der Waals surface area contributed by atoms with Crippen molar-refractivity contribution in [2.75, 3.05) is 0 Å². The molecule has 0 amide bonds. The zero-order chi connectivity index (χ0) is 12.4. The summed E-state index contributed by atoms with van der Waals surface area (Å²) in [7, 11) is 0. The number of imidazole rings is 1. The van der Waals surface area contributed by atoms with Gasteiger partial charge in [0.25, 0.3) is 0 Å². The van der Waals surface area contributed by atoms with Gasteiger partial charge in [-0.3, -0.25) is 4.79 Å². The van der Waals surface area contributed by atoms with Crippen LogP contribution in [-0.2, 0) is 0 Å². The Bertz CT molecular complexity index is 529. The number of aromatic amines is 1. The second-order valence-electron chi connectivity index (χ2n) is 4.16. The van der Waals surface area contributed by atoms with E-state index in [0.29, 0.717) is 10.8 Å². The van der Waals surface area contributed by atoms with E-state index in [1.54, 1.807) is 0 Å². The van der Waals surface area contributed by atoms with Crippen molar-refractivity contribution < 1.29 is 4.79 Å². The van der Waals surface area contributed by atoms with Gasteiger partial charge in [-0.25, -0.2) is 4.98 Å².